The topological polar surface area (TPSA) is 73.6 Å². The number of ether oxygens (including phenoxy) is 2. The number of para-hydroxylation sites is 1. The lowest BCUT2D eigenvalue weighted by Gasteiger charge is -2.09. The van der Waals surface area contributed by atoms with E-state index >= 15 is 0 Å². The molecule has 30 heavy (non-hydrogen) atoms. The molecular formula is C23H17FN2O4. The van der Waals surface area contributed by atoms with Crippen molar-refractivity contribution in [3.8, 4) is 34.3 Å². The number of benzene rings is 3. The van der Waals surface area contributed by atoms with Crippen molar-refractivity contribution in [1.29, 1.82) is 0 Å². The molecule has 0 saturated heterocycles. The second kappa shape index (κ2) is 8.48. The summed E-state index contributed by atoms with van der Waals surface area (Å²) in [6, 6.07) is 24.2. The molecule has 0 unspecified atom stereocenters. The van der Waals surface area contributed by atoms with Gasteiger partial charge in [-0.3, -0.25) is 0 Å². The van der Waals surface area contributed by atoms with E-state index in [9.17, 15) is 9.18 Å². The molecule has 0 saturated carbocycles. The maximum atomic E-state index is 13.3. The van der Waals surface area contributed by atoms with Crippen molar-refractivity contribution >= 4 is 5.97 Å². The summed E-state index contributed by atoms with van der Waals surface area (Å²) in [7, 11) is 0. The van der Waals surface area contributed by atoms with E-state index in [4.69, 9.17) is 14.6 Å². The van der Waals surface area contributed by atoms with Gasteiger partial charge in [-0.2, -0.15) is 0 Å². The second-order valence-electron chi connectivity index (χ2n) is 6.38. The van der Waals surface area contributed by atoms with Crippen molar-refractivity contribution in [3.63, 3.8) is 0 Å². The Labute approximate surface area is 171 Å². The summed E-state index contributed by atoms with van der Waals surface area (Å²) in [5.41, 5.74) is 2.08. The summed E-state index contributed by atoms with van der Waals surface area (Å²) < 4.78 is 25.9. The SMILES string of the molecule is O=C(O)COc1cc(-c2ccc(Oc3ccccc3)cc2)n(-c2ccc(F)cc2)n1. The van der Waals surface area contributed by atoms with E-state index in [1.165, 1.54) is 12.1 Å². The standard InChI is InChI=1S/C23H17FN2O4/c24-17-8-10-18(11-9-17)26-21(14-22(25-26)29-15-23(27)28)16-6-12-20(13-7-16)30-19-4-2-1-3-5-19/h1-14H,15H2,(H,27,28). The molecule has 6 nitrogen and oxygen atoms in total. The fraction of sp³-hybridized carbons (Fsp3) is 0.0435. The molecule has 0 aliphatic carbocycles. The number of carbonyl (C=O) groups is 1. The van der Waals surface area contributed by atoms with Gasteiger partial charge in [0.2, 0.25) is 5.88 Å². The first-order valence-electron chi connectivity index (χ1n) is 9.12. The number of carboxylic acids is 1. The highest BCUT2D eigenvalue weighted by atomic mass is 19.1. The molecule has 0 spiro atoms. The van der Waals surface area contributed by atoms with Gasteiger partial charge in [0.25, 0.3) is 0 Å². The largest absolute Gasteiger partial charge is 0.479 e. The number of aromatic nitrogens is 2. The minimum atomic E-state index is -1.10. The number of rotatable bonds is 7. The summed E-state index contributed by atoms with van der Waals surface area (Å²) in [6.45, 7) is -0.510. The Morgan fingerprint density at radius 1 is 0.933 bits per heavy atom. The summed E-state index contributed by atoms with van der Waals surface area (Å²) in [5.74, 6) is 0.0833. The van der Waals surface area contributed by atoms with Crippen LogP contribution in [-0.2, 0) is 4.79 Å². The van der Waals surface area contributed by atoms with Crippen LogP contribution in [0.15, 0.2) is 84.9 Å². The summed E-state index contributed by atoms with van der Waals surface area (Å²) in [4.78, 5) is 10.8. The third-order valence-electron chi connectivity index (χ3n) is 4.23. The van der Waals surface area contributed by atoms with Crippen molar-refractivity contribution < 1.29 is 23.8 Å². The molecule has 0 fully saturated rings. The summed E-state index contributed by atoms with van der Waals surface area (Å²) >= 11 is 0. The first-order valence-corrected chi connectivity index (χ1v) is 9.12. The highest BCUT2D eigenvalue weighted by molar-refractivity contribution is 5.69. The quantitative estimate of drug-likeness (QED) is 0.473. The number of carboxylic acid groups (broad SMARTS) is 1. The van der Waals surface area contributed by atoms with Crippen LogP contribution >= 0.6 is 0 Å². The Morgan fingerprint density at radius 3 is 2.27 bits per heavy atom. The van der Waals surface area contributed by atoms with E-state index < -0.39 is 12.6 Å². The number of hydrogen-bond donors (Lipinski definition) is 1. The van der Waals surface area contributed by atoms with E-state index in [0.717, 1.165) is 11.3 Å². The lowest BCUT2D eigenvalue weighted by Crippen LogP contribution is -2.10. The fourth-order valence-corrected chi connectivity index (χ4v) is 2.87. The Hall–Kier alpha value is -4.13. The van der Waals surface area contributed by atoms with Crippen LogP contribution in [0.2, 0.25) is 0 Å². The Bertz CT molecular complexity index is 1140. The van der Waals surface area contributed by atoms with Gasteiger partial charge in [-0.1, -0.05) is 18.2 Å². The van der Waals surface area contributed by atoms with Gasteiger partial charge in [0.05, 0.1) is 11.4 Å². The maximum absolute atomic E-state index is 13.3. The number of nitrogens with zero attached hydrogens (tertiary/aromatic N) is 2. The zero-order chi connectivity index (χ0) is 20.9. The first-order chi connectivity index (χ1) is 14.6. The number of hydrogen-bond acceptors (Lipinski definition) is 4. The molecular weight excluding hydrogens is 387 g/mol. The van der Waals surface area contributed by atoms with Crippen molar-refractivity contribution in [2.45, 2.75) is 0 Å². The first kappa shape index (κ1) is 19.2. The van der Waals surface area contributed by atoms with Gasteiger partial charge in [-0.15, -0.1) is 5.10 Å². The molecule has 0 amide bonds. The van der Waals surface area contributed by atoms with Crippen molar-refractivity contribution in [1.82, 2.24) is 9.78 Å². The van der Waals surface area contributed by atoms with Crippen LogP contribution in [0.4, 0.5) is 4.39 Å². The molecule has 0 aliphatic rings. The zero-order valence-electron chi connectivity index (χ0n) is 15.7. The van der Waals surface area contributed by atoms with E-state index in [1.807, 2.05) is 54.6 Å². The van der Waals surface area contributed by atoms with Crippen LogP contribution in [0.5, 0.6) is 17.4 Å². The van der Waals surface area contributed by atoms with Crippen LogP contribution in [-0.4, -0.2) is 27.5 Å². The minimum Gasteiger partial charge on any atom is -0.479 e. The van der Waals surface area contributed by atoms with Crippen LogP contribution in [0.3, 0.4) is 0 Å². The minimum absolute atomic E-state index is 0.154. The third-order valence-corrected chi connectivity index (χ3v) is 4.23. The van der Waals surface area contributed by atoms with Crippen molar-refractivity contribution in [3.05, 3.63) is 90.7 Å². The van der Waals surface area contributed by atoms with E-state index in [-0.39, 0.29) is 11.7 Å². The molecule has 0 atom stereocenters. The Morgan fingerprint density at radius 2 is 1.60 bits per heavy atom. The monoisotopic (exact) mass is 404 g/mol. The smallest absolute Gasteiger partial charge is 0.341 e. The predicted octanol–water partition coefficient (Wildman–Crippen LogP) is 4.93. The Balaban J connectivity index is 1.66. The molecule has 3 aromatic carbocycles. The highest BCUT2D eigenvalue weighted by Crippen LogP contribution is 2.30. The molecule has 0 radical (unpaired) electrons. The fourth-order valence-electron chi connectivity index (χ4n) is 2.87. The second-order valence-corrected chi connectivity index (χ2v) is 6.38. The molecule has 150 valence electrons. The van der Waals surface area contributed by atoms with Crippen LogP contribution in [0.25, 0.3) is 16.9 Å². The van der Waals surface area contributed by atoms with Crippen LogP contribution in [0.1, 0.15) is 0 Å². The zero-order valence-corrected chi connectivity index (χ0v) is 15.7. The van der Waals surface area contributed by atoms with Gasteiger partial charge in [0, 0.05) is 11.6 Å². The molecule has 0 aliphatic heterocycles. The Kier molecular flexibility index (Phi) is 5.43. The summed E-state index contributed by atoms with van der Waals surface area (Å²) in [5, 5.41) is 13.2. The van der Waals surface area contributed by atoms with Crippen LogP contribution in [0, 0.1) is 5.82 Å². The number of aliphatic carboxylic acids is 1. The van der Waals surface area contributed by atoms with Gasteiger partial charge in [0.1, 0.15) is 17.3 Å². The van der Waals surface area contributed by atoms with E-state index in [0.29, 0.717) is 17.1 Å². The van der Waals surface area contributed by atoms with E-state index in [1.54, 1.807) is 22.9 Å². The van der Waals surface area contributed by atoms with Crippen molar-refractivity contribution in [2.24, 2.45) is 0 Å². The molecule has 4 aromatic rings. The van der Waals surface area contributed by atoms with Gasteiger partial charge in [0.15, 0.2) is 6.61 Å². The summed E-state index contributed by atoms with van der Waals surface area (Å²) in [6.07, 6.45) is 0. The maximum Gasteiger partial charge on any atom is 0.341 e. The average molecular weight is 404 g/mol. The van der Waals surface area contributed by atoms with Gasteiger partial charge in [-0.05, 0) is 60.7 Å². The molecule has 1 heterocycles. The molecule has 7 heteroatoms. The average Bonchev–Trinajstić information content (AvgIpc) is 3.18. The molecule has 1 N–H and O–H groups in total. The lowest BCUT2D eigenvalue weighted by molar-refractivity contribution is -0.139. The molecule has 0 bridgehead atoms. The predicted molar refractivity (Wildman–Crippen MR) is 109 cm³/mol. The van der Waals surface area contributed by atoms with E-state index in [2.05, 4.69) is 5.10 Å². The van der Waals surface area contributed by atoms with Gasteiger partial charge in [-0.25, -0.2) is 13.9 Å². The van der Waals surface area contributed by atoms with Crippen LogP contribution < -0.4 is 9.47 Å². The normalized spacial score (nSPS) is 10.6. The molecule has 4 rings (SSSR count). The van der Waals surface area contributed by atoms with Gasteiger partial charge >= 0.3 is 5.97 Å². The lowest BCUT2D eigenvalue weighted by atomic mass is 10.1. The third kappa shape index (κ3) is 4.47. The number of halogens is 1. The van der Waals surface area contributed by atoms with Gasteiger partial charge < -0.3 is 14.6 Å². The highest BCUT2D eigenvalue weighted by Gasteiger charge is 2.14. The molecule has 1 aromatic heterocycles. The van der Waals surface area contributed by atoms with Crippen molar-refractivity contribution in [2.75, 3.05) is 6.61 Å².